The van der Waals surface area contributed by atoms with Gasteiger partial charge in [0, 0.05) is 17.7 Å². The van der Waals surface area contributed by atoms with Crippen LogP contribution in [-0.2, 0) is 0 Å². The Labute approximate surface area is 178 Å². The topological polar surface area (TPSA) is 52.7 Å². The van der Waals surface area contributed by atoms with E-state index in [0.29, 0.717) is 0 Å². The van der Waals surface area contributed by atoms with Crippen molar-refractivity contribution in [3.63, 3.8) is 0 Å². The summed E-state index contributed by atoms with van der Waals surface area (Å²) in [7, 11) is -3.20. The van der Waals surface area contributed by atoms with Crippen LogP contribution in [0.2, 0.25) is 0 Å². The van der Waals surface area contributed by atoms with Crippen molar-refractivity contribution in [2.45, 2.75) is 0 Å². The molecule has 0 aliphatic heterocycles. The third-order valence-corrected chi connectivity index (χ3v) is 13.1. The highest BCUT2D eigenvalue weighted by atomic mass is 31.2. The fourth-order valence-electron chi connectivity index (χ4n) is 3.78. The summed E-state index contributed by atoms with van der Waals surface area (Å²) >= 11 is 0. The third kappa shape index (κ3) is 3.50. The number of rotatable bonds is 6. The van der Waals surface area contributed by atoms with E-state index in [1.54, 1.807) is 0 Å². The second-order valence-electron chi connectivity index (χ2n) is 7.15. The lowest BCUT2D eigenvalue weighted by atomic mass is 10.4. The van der Waals surface area contributed by atoms with E-state index >= 15 is 0 Å². The van der Waals surface area contributed by atoms with Gasteiger partial charge in [0.15, 0.2) is 0 Å². The van der Waals surface area contributed by atoms with Crippen LogP contribution in [0.25, 0.3) is 0 Å². The summed E-state index contributed by atoms with van der Waals surface area (Å²) in [5, 5.41) is 21.5. The van der Waals surface area contributed by atoms with Gasteiger partial charge in [-0.1, -0.05) is 97.1 Å². The molecule has 0 saturated heterocycles. The van der Waals surface area contributed by atoms with Gasteiger partial charge in [-0.3, -0.25) is 10.3 Å². The average Bonchev–Trinajstić information content (AvgIpc) is 2.84. The first kappa shape index (κ1) is 20.6. The normalized spacial score (nSPS) is 12.1. The first-order chi connectivity index (χ1) is 14.6. The number of nitrogens with one attached hydrogen (secondary N) is 1. The maximum absolute atomic E-state index is 9.95. The minimum atomic E-state index is -2.71. The van der Waals surface area contributed by atoms with Crippen LogP contribution >= 0.6 is 14.4 Å². The minimum absolute atomic E-state index is 1.00. The average molecular weight is 430 g/mol. The van der Waals surface area contributed by atoms with Crippen LogP contribution in [-0.4, -0.2) is 11.5 Å². The molecule has 3 N–H and O–H groups in total. The van der Waals surface area contributed by atoms with Gasteiger partial charge in [-0.15, -0.1) is 0 Å². The molecule has 4 aromatic carbocycles. The zero-order valence-corrected chi connectivity index (χ0v) is 18.8. The van der Waals surface area contributed by atoms with Gasteiger partial charge < -0.3 is 0 Å². The lowest BCUT2D eigenvalue weighted by molar-refractivity contribution is -0.0866. The Balaban J connectivity index is 2.01. The third-order valence-electron chi connectivity index (χ3n) is 5.45. The Kier molecular flexibility index (Phi) is 5.88. The lowest BCUT2D eigenvalue weighted by Gasteiger charge is -2.38. The molecule has 0 amide bonds. The molecule has 0 bridgehead atoms. The maximum Gasteiger partial charge on any atom is 0.225 e. The molecule has 0 aliphatic carbocycles. The number of nitrogens with two attached hydrogens (primary N) is 1. The van der Waals surface area contributed by atoms with Gasteiger partial charge in [-0.05, 0) is 24.3 Å². The number of hydrogen-bond acceptors (Lipinski definition) is 1. The van der Waals surface area contributed by atoms with E-state index in [-0.39, 0.29) is 0 Å². The van der Waals surface area contributed by atoms with E-state index in [9.17, 15) is 5.16 Å². The molecule has 0 atom stereocenters. The Morgan fingerprint density at radius 3 is 1.10 bits per heavy atom. The zero-order chi connectivity index (χ0) is 21.0. The van der Waals surface area contributed by atoms with Crippen molar-refractivity contribution < 1.29 is 5.16 Å². The summed E-state index contributed by atoms with van der Waals surface area (Å²) in [5.41, 5.74) is 0. The fraction of sp³-hybridized carbons (Fsp3) is 0.0400. The number of benzene rings is 4. The molecule has 30 heavy (non-hydrogen) atoms. The molecular weight excluding hydrogens is 404 g/mol. The van der Waals surface area contributed by atoms with Crippen molar-refractivity contribution in [3.8, 4) is 0 Å². The minimum Gasteiger partial charge on any atom is -0.294 e. The first-order valence-electron chi connectivity index (χ1n) is 9.87. The molecular formula is C25H26N3P2+. The standard InChI is InChI=1S/C25H25N3P2/c1-28(29(26,22-14-6-2-7-15-22)23-16-8-3-9-17-23)30(27,24-18-10-4-11-19-24)25-20-12-5-13-21-25/h2-21,26-27H,1H3/p+1. The molecule has 150 valence electrons. The van der Waals surface area contributed by atoms with Crippen LogP contribution in [0.5, 0.6) is 0 Å². The molecule has 0 unspecified atom stereocenters. The smallest absolute Gasteiger partial charge is 0.225 e. The summed E-state index contributed by atoms with van der Waals surface area (Å²) in [6.45, 7) is 0. The van der Waals surface area contributed by atoms with Crippen molar-refractivity contribution in [3.05, 3.63) is 121 Å². The second-order valence-corrected chi connectivity index (χ2v) is 13.4. The first-order valence-corrected chi connectivity index (χ1v) is 13.4. The Hall–Kier alpha value is -2.70. The highest BCUT2D eigenvalue weighted by Gasteiger charge is 2.42. The highest BCUT2D eigenvalue weighted by Crippen LogP contribution is 2.61. The lowest BCUT2D eigenvalue weighted by Crippen LogP contribution is -2.47. The Bertz CT molecular complexity index is 1010. The Morgan fingerprint density at radius 1 is 0.533 bits per heavy atom. The summed E-state index contributed by atoms with van der Waals surface area (Å²) in [4.78, 5) is 0. The molecule has 0 aliphatic rings. The fourth-order valence-corrected chi connectivity index (χ4v) is 11.1. The predicted octanol–water partition coefficient (Wildman–Crippen LogP) is 3.79. The number of nitrogens with zero attached hydrogens (tertiary/aromatic N) is 1. The van der Waals surface area contributed by atoms with Gasteiger partial charge in [0.05, 0.1) is 17.8 Å². The summed E-state index contributed by atoms with van der Waals surface area (Å²) in [6, 6.07) is 40.8. The quantitative estimate of drug-likeness (QED) is 0.450. The molecule has 0 fully saturated rings. The van der Waals surface area contributed by atoms with Crippen LogP contribution in [0.3, 0.4) is 0 Å². The SMILES string of the molecule is CN(P(=N)(c1ccccc1)c1ccccc1)P(=[NH2+])(c1ccccc1)c1ccccc1. The highest BCUT2D eigenvalue weighted by molar-refractivity contribution is 7.90. The molecule has 4 aromatic rings. The van der Waals surface area contributed by atoms with Gasteiger partial charge in [-0.2, -0.15) is 4.44 Å². The zero-order valence-electron chi connectivity index (χ0n) is 17.0. The number of hydrogen-bond donors (Lipinski definition) is 2. The van der Waals surface area contributed by atoms with Gasteiger partial charge in [0.25, 0.3) is 0 Å². The van der Waals surface area contributed by atoms with E-state index in [4.69, 9.17) is 5.16 Å². The van der Waals surface area contributed by atoms with Crippen LogP contribution < -0.4 is 26.4 Å². The Morgan fingerprint density at radius 2 is 0.800 bits per heavy atom. The molecule has 3 nitrogen and oxygen atoms in total. The van der Waals surface area contributed by atoms with Gasteiger partial charge in [0.2, 0.25) is 7.21 Å². The van der Waals surface area contributed by atoms with Gasteiger partial charge in [0.1, 0.15) is 0 Å². The summed E-state index contributed by atoms with van der Waals surface area (Å²) < 4.78 is 2.19. The van der Waals surface area contributed by atoms with E-state index in [1.165, 1.54) is 0 Å². The molecule has 0 radical (unpaired) electrons. The van der Waals surface area contributed by atoms with E-state index < -0.39 is 14.4 Å². The van der Waals surface area contributed by atoms with Crippen LogP contribution in [0.1, 0.15) is 0 Å². The monoisotopic (exact) mass is 430 g/mol. The predicted molar refractivity (Wildman–Crippen MR) is 131 cm³/mol. The largest absolute Gasteiger partial charge is 0.294 e. The molecule has 5 heteroatoms. The molecule has 4 rings (SSSR count). The van der Waals surface area contributed by atoms with Crippen LogP contribution in [0.15, 0.2) is 121 Å². The van der Waals surface area contributed by atoms with Crippen molar-refractivity contribution in [2.75, 3.05) is 7.05 Å². The van der Waals surface area contributed by atoms with E-state index in [0.717, 1.165) is 21.2 Å². The molecule has 0 saturated carbocycles. The van der Waals surface area contributed by atoms with E-state index in [1.807, 2.05) is 79.8 Å². The van der Waals surface area contributed by atoms with E-state index in [2.05, 4.69) is 53.0 Å². The van der Waals surface area contributed by atoms with Gasteiger partial charge >= 0.3 is 0 Å². The van der Waals surface area contributed by atoms with Crippen molar-refractivity contribution in [2.24, 2.45) is 0 Å². The molecule has 0 heterocycles. The summed E-state index contributed by atoms with van der Waals surface area (Å²) in [6.07, 6.45) is 0. The summed E-state index contributed by atoms with van der Waals surface area (Å²) in [5.74, 6) is 0. The second kappa shape index (κ2) is 8.58. The van der Waals surface area contributed by atoms with Crippen molar-refractivity contribution in [1.29, 1.82) is 5.16 Å². The molecule has 0 aromatic heterocycles. The van der Waals surface area contributed by atoms with Crippen molar-refractivity contribution >= 4 is 35.6 Å². The molecule has 0 spiro atoms. The van der Waals surface area contributed by atoms with Crippen LogP contribution in [0, 0.1) is 5.16 Å². The van der Waals surface area contributed by atoms with Crippen LogP contribution in [0.4, 0.5) is 0 Å². The van der Waals surface area contributed by atoms with Gasteiger partial charge in [-0.25, -0.2) is 0 Å². The maximum atomic E-state index is 9.95. The van der Waals surface area contributed by atoms with Crippen molar-refractivity contribution in [1.82, 2.24) is 4.44 Å².